The Morgan fingerprint density at radius 1 is 1.00 bits per heavy atom. The minimum atomic E-state index is -1.07. The van der Waals surface area contributed by atoms with Crippen LogP contribution in [0, 0.1) is 5.41 Å². The number of nitrogens with one attached hydrogen (secondary N) is 1. The third-order valence-electron chi connectivity index (χ3n) is 7.79. The maximum absolute atomic E-state index is 13.0. The molecule has 1 aliphatic heterocycles. The van der Waals surface area contributed by atoms with Gasteiger partial charge in [0.2, 0.25) is 0 Å². The number of amides is 2. The summed E-state index contributed by atoms with van der Waals surface area (Å²) < 4.78 is 1.53. The number of urea groups is 1. The van der Waals surface area contributed by atoms with Crippen molar-refractivity contribution in [3.63, 3.8) is 0 Å². The van der Waals surface area contributed by atoms with Crippen molar-refractivity contribution in [1.29, 1.82) is 0 Å². The summed E-state index contributed by atoms with van der Waals surface area (Å²) in [7, 11) is 0. The Balaban J connectivity index is 1.31. The molecular formula is C28H32N4O3. The van der Waals surface area contributed by atoms with E-state index in [1.54, 1.807) is 6.33 Å². The Labute approximate surface area is 205 Å². The molecule has 35 heavy (non-hydrogen) atoms. The Kier molecular flexibility index (Phi) is 6.43. The predicted octanol–water partition coefficient (Wildman–Crippen LogP) is 3.82. The first-order valence-corrected chi connectivity index (χ1v) is 12.4. The maximum Gasteiger partial charge on any atom is 0.317 e. The highest BCUT2D eigenvalue weighted by Crippen LogP contribution is 2.51. The van der Waals surface area contributed by atoms with Gasteiger partial charge < -0.3 is 15.3 Å². The highest BCUT2D eigenvalue weighted by atomic mass is 16.3. The molecule has 0 radical (unpaired) electrons. The van der Waals surface area contributed by atoms with E-state index in [0.29, 0.717) is 31.7 Å². The van der Waals surface area contributed by atoms with Gasteiger partial charge in [0.1, 0.15) is 0 Å². The SMILES string of the molecule is O=C(NCc1ccccc1)N1CCC(O)(Cn2cnc(-c3ccccc3)cc2=O)C2(CCCC2)C1. The first-order chi connectivity index (χ1) is 17.0. The van der Waals surface area contributed by atoms with E-state index in [1.165, 1.54) is 10.6 Å². The summed E-state index contributed by atoms with van der Waals surface area (Å²) >= 11 is 0. The van der Waals surface area contributed by atoms with Crippen LogP contribution < -0.4 is 10.9 Å². The van der Waals surface area contributed by atoms with Crippen LogP contribution in [0.4, 0.5) is 4.79 Å². The second-order valence-electron chi connectivity index (χ2n) is 9.94. The number of aliphatic hydroxyl groups is 1. The van der Waals surface area contributed by atoms with Crippen molar-refractivity contribution in [1.82, 2.24) is 19.8 Å². The minimum Gasteiger partial charge on any atom is -0.387 e. The Hall–Kier alpha value is -3.45. The zero-order valence-electron chi connectivity index (χ0n) is 19.9. The maximum atomic E-state index is 13.0. The monoisotopic (exact) mass is 472 g/mol. The molecule has 2 N–H and O–H groups in total. The van der Waals surface area contributed by atoms with E-state index in [9.17, 15) is 14.7 Å². The van der Waals surface area contributed by atoms with Crippen molar-refractivity contribution >= 4 is 6.03 Å². The first-order valence-electron chi connectivity index (χ1n) is 12.4. The highest BCUT2D eigenvalue weighted by molar-refractivity contribution is 5.74. The first kappa shape index (κ1) is 23.3. The van der Waals surface area contributed by atoms with Crippen LogP contribution in [0.5, 0.6) is 0 Å². The molecular weight excluding hydrogens is 440 g/mol. The Morgan fingerprint density at radius 3 is 2.37 bits per heavy atom. The lowest BCUT2D eigenvalue weighted by Gasteiger charge is -2.52. The van der Waals surface area contributed by atoms with Gasteiger partial charge in [-0.25, -0.2) is 9.78 Å². The van der Waals surface area contributed by atoms with Crippen molar-refractivity contribution in [2.45, 2.75) is 50.8 Å². The van der Waals surface area contributed by atoms with E-state index < -0.39 is 11.0 Å². The number of likely N-dealkylation sites (tertiary alicyclic amines) is 1. The Bertz CT molecular complexity index is 1220. The third kappa shape index (κ3) is 4.73. The Morgan fingerprint density at radius 2 is 1.69 bits per heavy atom. The van der Waals surface area contributed by atoms with E-state index in [-0.39, 0.29) is 18.1 Å². The van der Waals surface area contributed by atoms with E-state index in [2.05, 4.69) is 10.3 Å². The average molecular weight is 473 g/mol. The van der Waals surface area contributed by atoms with Crippen LogP contribution in [0.3, 0.4) is 0 Å². The molecule has 1 spiro atoms. The van der Waals surface area contributed by atoms with Crippen molar-refractivity contribution in [3.8, 4) is 11.3 Å². The topological polar surface area (TPSA) is 87.5 Å². The van der Waals surface area contributed by atoms with Gasteiger partial charge in [-0.3, -0.25) is 9.36 Å². The van der Waals surface area contributed by atoms with E-state index in [4.69, 9.17) is 0 Å². The van der Waals surface area contributed by atoms with Crippen LogP contribution in [-0.2, 0) is 13.1 Å². The predicted molar refractivity (Wildman–Crippen MR) is 135 cm³/mol. The van der Waals surface area contributed by atoms with Gasteiger partial charge in [-0.15, -0.1) is 0 Å². The second-order valence-corrected chi connectivity index (χ2v) is 9.94. The molecule has 1 aliphatic carbocycles. The number of rotatable bonds is 5. The van der Waals surface area contributed by atoms with Crippen LogP contribution in [-0.4, -0.2) is 44.3 Å². The summed E-state index contributed by atoms with van der Waals surface area (Å²) in [5.41, 5.74) is 0.892. The third-order valence-corrected chi connectivity index (χ3v) is 7.79. The van der Waals surface area contributed by atoms with Gasteiger partial charge in [0, 0.05) is 36.7 Å². The summed E-state index contributed by atoms with van der Waals surface area (Å²) in [6.45, 7) is 1.60. The number of hydrogen-bond acceptors (Lipinski definition) is 4. The van der Waals surface area contributed by atoms with Crippen molar-refractivity contribution in [2.75, 3.05) is 13.1 Å². The van der Waals surface area contributed by atoms with Gasteiger partial charge in [-0.1, -0.05) is 73.5 Å². The number of piperidine rings is 1. The molecule has 2 aromatic carbocycles. The fourth-order valence-corrected chi connectivity index (χ4v) is 5.75. The van der Waals surface area contributed by atoms with Gasteiger partial charge >= 0.3 is 6.03 Å². The molecule has 182 valence electrons. The zero-order valence-corrected chi connectivity index (χ0v) is 19.9. The summed E-state index contributed by atoms with van der Waals surface area (Å²) in [6.07, 6.45) is 5.69. The molecule has 7 nitrogen and oxygen atoms in total. The van der Waals surface area contributed by atoms with Gasteiger partial charge in [0.15, 0.2) is 0 Å². The molecule has 2 heterocycles. The molecule has 2 aliphatic rings. The van der Waals surface area contributed by atoms with Crippen LogP contribution in [0.25, 0.3) is 11.3 Å². The summed E-state index contributed by atoms with van der Waals surface area (Å²) in [5, 5.41) is 15.0. The number of hydrogen-bond donors (Lipinski definition) is 2. The molecule has 1 saturated heterocycles. The lowest BCUT2D eigenvalue weighted by Crippen LogP contribution is -2.63. The van der Waals surface area contributed by atoms with Crippen molar-refractivity contribution in [3.05, 3.63) is 89.0 Å². The largest absolute Gasteiger partial charge is 0.387 e. The van der Waals surface area contributed by atoms with Crippen LogP contribution >= 0.6 is 0 Å². The molecule has 1 saturated carbocycles. The van der Waals surface area contributed by atoms with E-state index >= 15 is 0 Å². The number of nitrogens with zero attached hydrogens (tertiary/aromatic N) is 3. The fourth-order valence-electron chi connectivity index (χ4n) is 5.75. The highest BCUT2D eigenvalue weighted by Gasteiger charge is 2.55. The molecule has 1 atom stereocenters. The fraction of sp³-hybridized carbons (Fsp3) is 0.393. The summed E-state index contributed by atoms with van der Waals surface area (Å²) in [5.74, 6) is 0. The lowest BCUT2D eigenvalue weighted by atomic mass is 9.66. The second kappa shape index (κ2) is 9.66. The molecule has 5 rings (SSSR count). The molecule has 1 unspecified atom stereocenters. The summed E-state index contributed by atoms with van der Waals surface area (Å²) in [6, 6.07) is 20.9. The van der Waals surface area contributed by atoms with Gasteiger partial charge in [-0.2, -0.15) is 0 Å². The van der Waals surface area contributed by atoms with Crippen LogP contribution in [0.2, 0.25) is 0 Å². The van der Waals surface area contributed by atoms with Crippen LogP contribution in [0.15, 0.2) is 77.9 Å². The normalized spacial score (nSPS) is 21.2. The van der Waals surface area contributed by atoms with Gasteiger partial charge in [0.05, 0.1) is 24.2 Å². The van der Waals surface area contributed by atoms with Crippen molar-refractivity contribution < 1.29 is 9.90 Å². The molecule has 3 aromatic rings. The average Bonchev–Trinajstić information content (AvgIpc) is 3.37. The van der Waals surface area contributed by atoms with E-state index in [0.717, 1.165) is 36.8 Å². The molecule has 1 aromatic heterocycles. The standard InChI is InChI=1S/C28H32N4O3/c33-25-17-24(23-11-5-2-6-12-23)30-21-32(25)20-28(35)15-16-31(19-27(28)13-7-8-14-27)26(34)29-18-22-9-3-1-4-10-22/h1-6,9-12,17,21,35H,7-8,13-16,18-20H2,(H,29,34). The van der Waals surface area contributed by atoms with Gasteiger partial charge in [0.25, 0.3) is 5.56 Å². The van der Waals surface area contributed by atoms with Gasteiger partial charge in [-0.05, 0) is 24.8 Å². The number of carbonyl (C=O) groups is 1. The molecule has 2 fully saturated rings. The lowest BCUT2D eigenvalue weighted by molar-refractivity contribution is -0.135. The number of benzene rings is 2. The number of aromatic nitrogens is 2. The van der Waals surface area contributed by atoms with Crippen molar-refractivity contribution in [2.24, 2.45) is 5.41 Å². The van der Waals surface area contributed by atoms with E-state index in [1.807, 2.05) is 65.6 Å². The quantitative estimate of drug-likeness (QED) is 0.591. The minimum absolute atomic E-state index is 0.103. The summed E-state index contributed by atoms with van der Waals surface area (Å²) in [4.78, 5) is 32.3. The molecule has 2 amide bonds. The molecule has 0 bridgehead atoms. The number of carbonyl (C=O) groups excluding carboxylic acids is 1. The molecule has 7 heteroatoms. The van der Waals surface area contributed by atoms with Crippen LogP contribution in [0.1, 0.15) is 37.7 Å². The zero-order chi connectivity index (χ0) is 24.3. The smallest absolute Gasteiger partial charge is 0.317 e.